The van der Waals surface area contributed by atoms with E-state index in [9.17, 15) is 0 Å². The Morgan fingerprint density at radius 2 is 2.12 bits per heavy atom. The molecule has 0 aliphatic heterocycles. The average molecular weight is 229 g/mol. The molecule has 1 aliphatic rings. The molecule has 1 aromatic heterocycles. The van der Waals surface area contributed by atoms with Crippen LogP contribution in [0.25, 0.3) is 11.0 Å². The van der Waals surface area contributed by atoms with Gasteiger partial charge in [-0.15, -0.1) is 0 Å². The minimum atomic E-state index is 0.111. The first-order valence-electron chi connectivity index (χ1n) is 5.77. The number of benzene rings is 1. The van der Waals surface area contributed by atoms with E-state index >= 15 is 0 Å². The summed E-state index contributed by atoms with van der Waals surface area (Å²) in [6.45, 7) is 0.452. The highest BCUT2D eigenvalue weighted by molar-refractivity contribution is 5.77. The minimum absolute atomic E-state index is 0.111. The van der Waals surface area contributed by atoms with Gasteiger partial charge in [0.15, 0.2) is 5.96 Å². The molecule has 0 spiro atoms. The third-order valence-electron chi connectivity index (χ3n) is 2.98. The van der Waals surface area contributed by atoms with Gasteiger partial charge in [0.25, 0.3) is 0 Å². The van der Waals surface area contributed by atoms with E-state index in [0.29, 0.717) is 12.6 Å². The van der Waals surface area contributed by atoms with E-state index in [2.05, 4.69) is 20.6 Å². The number of para-hydroxylation sites is 2. The maximum absolute atomic E-state index is 5.37. The average Bonchev–Trinajstić information content (AvgIpc) is 3.07. The van der Waals surface area contributed by atoms with Gasteiger partial charge >= 0.3 is 0 Å². The van der Waals surface area contributed by atoms with Crippen LogP contribution in [0.2, 0.25) is 0 Å². The predicted molar refractivity (Wildman–Crippen MR) is 67.5 cm³/mol. The summed E-state index contributed by atoms with van der Waals surface area (Å²) >= 11 is 0. The fourth-order valence-corrected chi connectivity index (χ4v) is 2.11. The SMILES string of the molecule is NC(N)=NCc1nc2ccccc2n1C1CC1. The van der Waals surface area contributed by atoms with Crippen LogP contribution in [-0.2, 0) is 6.54 Å². The van der Waals surface area contributed by atoms with Crippen molar-refractivity contribution in [1.82, 2.24) is 9.55 Å². The van der Waals surface area contributed by atoms with Crippen LogP contribution in [0.4, 0.5) is 0 Å². The van der Waals surface area contributed by atoms with Gasteiger partial charge in [-0.05, 0) is 25.0 Å². The van der Waals surface area contributed by atoms with Crippen LogP contribution in [-0.4, -0.2) is 15.5 Å². The van der Waals surface area contributed by atoms with Gasteiger partial charge in [-0.1, -0.05) is 12.1 Å². The van der Waals surface area contributed by atoms with Crippen molar-refractivity contribution in [2.45, 2.75) is 25.4 Å². The minimum Gasteiger partial charge on any atom is -0.370 e. The number of aliphatic imine (C=N–C) groups is 1. The van der Waals surface area contributed by atoms with Crippen LogP contribution in [0.5, 0.6) is 0 Å². The zero-order chi connectivity index (χ0) is 11.8. The highest BCUT2D eigenvalue weighted by Crippen LogP contribution is 2.38. The van der Waals surface area contributed by atoms with Gasteiger partial charge in [0.1, 0.15) is 12.4 Å². The van der Waals surface area contributed by atoms with Crippen LogP contribution in [0, 0.1) is 0 Å². The Morgan fingerprint density at radius 3 is 2.82 bits per heavy atom. The molecule has 4 N–H and O–H groups in total. The molecule has 1 heterocycles. The summed E-state index contributed by atoms with van der Waals surface area (Å²) in [5.41, 5.74) is 12.9. The Kier molecular flexibility index (Phi) is 2.24. The van der Waals surface area contributed by atoms with Gasteiger partial charge in [-0.2, -0.15) is 0 Å². The quantitative estimate of drug-likeness (QED) is 0.611. The van der Waals surface area contributed by atoms with Crippen LogP contribution in [0.15, 0.2) is 29.3 Å². The Hall–Kier alpha value is -2.04. The Bertz CT molecular complexity index is 576. The molecule has 0 bridgehead atoms. The molecule has 1 aliphatic carbocycles. The zero-order valence-electron chi connectivity index (χ0n) is 9.50. The summed E-state index contributed by atoms with van der Waals surface area (Å²) in [7, 11) is 0. The number of fused-ring (bicyclic) bond motifs is 1. The largest absolute Gasteiger partial charge is 0.370 e. The second-order valence-electron chi connectivity index (χ2n) is 4.36. The summed E-state index contributed by atoms with van der Waals surface area (Å²) in [5.74, 6) is 1.06. The van der Waals surface area contributed by atoms with Gasteiger partial charge in [0.05, 0.1) is 11.0 Å². The molecule has 0 radical (unpaired) electrons. The normalized spacial score (nSPS) is 15.1. The molecule has 5 heteroatoms. The number of nitrogens with zero attached hydrogens (tertiary/aromatic N) is 3. The Labute approximate surface area is 99.1 Å². The van der Waals surface area contributed by atoms with Crippen molar-refractivity contribution in [3.63, 3.8) is 0 Å². The van der Waals surface area contributed by atoms with Crippen molar-refractivity contribution in [1.29, 1.82) is 0 Å². The molecule has 0 amide bonds. The van der Waals surface area contributed by atoms with Crippen LogP contribution < -0.4 is 11.5 Å². The highest BCUT2D eigenvalue weighted by Gasteiger charge is 2.27. The Morgan fingerprint density at radius 1 is 1.35 bits per heavy atom. The maximum Gasteiger partial charge on any atom is 0.186 e. The van der Waals surface area contributed by atoms with Gasteiger partial charge in [0.2, 0.25) is 0 Å². The molecule has 3 rings (SSSR count). The van der Waals surface area contributed by atoms with Crippen molar-refractivity contribution in [3.05, 3.63) is 30.1 Å². The first-order valence-corrected chi connectivity index (χ1v) is 5.77. The van der Waals surface area contributed by atoms with E-state index in [4.69, 9.17) is 11.5 Å². The topological polar surface area (TPSA) is 82.2 Å². The zero-order valence-corrected chi connectivity index (χ0v) is 9.50. The second-order valence-corrected chi connectivity index (χ2v) is 4.36. The van der Waals surface area contributed by atoms with Crippen molar-refractivity contribution in [2.75, 3.05) is 0 Å². The highest BCUT2D eigenvalue weighted by atomic mass is 15.1. The molecule has 88 valence electrons. The molecule has 0 saturated heterocycles. The second kappa shape index (κ2) is 3.76. The van der Waals surface area contributed by atoms with E-state index in [-0.39, 0.29) is 5.96 Å². The van der Waals surface area contributed by atoms with E-state index < -0.39 is 0 Å². The molecule has 2 aromatic rings. The van der Waals surface area contributed by atoms with Crippen LogP contribution >= 0.6 is 0 Å². The standard InChI is InChI=1S/C12H15N5/c13-12(14)15-7-11-16-9-3-1-2-4-10(9)17(11)8-5-6-8/h1-4,8H,5-7H2,(H4,13,14,15). The van der Waals surface area contributed by atoms with Gasteiger partial charge in [-0.3, -0.25) is 0 Å². The molecule has 0 atom stereocenters. The number of rotatable bonds is 3. The first kappa shape index (κ1) is 10.1. The van der Waals surface area contributed by atoms with Crippen molar-refractivity contribution >= 4 is 17.0 Å². The summed E-state index contributed by atoms with van der Waals surface area (Å²) in [4.78, 5) is 8.64. The smallest absolute Gasteiger partial charge is 0.186 e. The first-order chi connectivity index (χ1) is 8.25. The monoisotopic (exact) mass is 229 g/mol. The number of hydrogen-bond donors (Lipinski definition) is 2. The van der Waals surface area contributed by atoms with Crippen molar-refractivity contribution < 1.29 is 0 Å². The summed E-state index contributed by atoms with van der Waals surface area (Å²) in [5, 5.41) is 0. The number of nitrogens with two attached hydrogens (primary N) is 2. The lowest BCUT2D eigenvalue weighted by Crippen LogP contribution is -2.23. The molecule has 1 saturated carbocycles. The number of hydrogen-bond acceptors (Lipinski definition) is 2. The van der Waals surface area contributed by atoms with Gasteiger partial charge in [0, 0.05) is 6.04 Å². The lowest BCUT2D eigenvalue weighted by atomic mass is 10.3. The number of imidazole rings is 1. The van der Waals surface area contributed by atoms with E-state index in [1.165, 1.54) is 18.4 Å². The number of aromatic nitrogens is 2. The molecular formula is C12H15N5. The van der Waals surface area contributed by atoms with Crippen LogP contribution in [0.3, 0.4) is 0 Å². The fraction of sp³-hybridized carbons (Fsp3) is 0.333. The van der Waals surface area contributed by atoms with E-state index in [1.54, 1.807) is 0 Å². The van der Waals surface area contributed by atoms with E-state index in [1.807, 2.05) is 18.2 Å². The molecule has 1 fully saturated rings. The van der Waals surface area contributed by atoms with Crippen molar-refractivity contribution in [2.24, 2.45) is 16.5 Å². The fourth-order valence-electron chi connectivity index (χ4n) is 2.11. The summed E-state index contributed by atoms with van der Waals surface area (Å²) < 4.78 is 2.27. The molecule has 1 aromatic carbocycles. The predicted octanol–water partition coefficient (Wildman–Crippen LogP) is 1.14. The van der Waals surface area contributed by atoms with Crippen molar-refractivity contribution in [3.8, 4) is 0 Å². The third kappa shape index (κ3) is 1.84. The third-order valence-corrected chi connectivity index (χ3v) is 2.98. The lowest BCUT2D eigenvalue weighted by molar-refractivity contribution is 0.702. The molecule has 5 nitrogen and oxygen atoms in total. The van der Waals surface area contributed by atoms with Crippen LogP contribution in [0.1, 0.15) is 24.7 Å². The van der Waals surface area contributed by atoms with Gasteiger partial charge < -0.3 is 16.0 Å². The maximum atomic E-state index is 5.37. The van der Waals surface area contributed by atoms with E-state index in [0.717, 1.165) is 11.3 Å². The number of guanidine groups is 1. The molecule has 17 heavy (non-hydrogen) atoms. The summed E-state index contributed by atoms with van der Waals surface area (Å²) in [6, 6.07) is 8.73. The Balaban J connectivity index is 2.09. The lowest BCUT2D eigenvalue weighted by Gasteiger charge is -2.05. The summed E-state index contributed by atoms with van der Waals surface area (Å²) in [6.07, 6.45) is 2.43. The van der Waals surface area contributed by atoms with Gasteiger partial charge in [-0.25, -0.2) is 9.98 Å². The molecular weight excluding hydrogens is 214 g/mol. The molecule has 0 unspecified atom stereocenters.